The Bertz CT molecular complexity index is 1490. The number of carbonyl (C=O) groups excluding carboxylic acids is 1. The Kier molecular flexibility index (Phi) is 7.81. The molecule has 1 amide bonds. The van der Waals surface area contributed by atoms with Crippen molar-refractivity contribution >= 4 is 17.7 Å². The quantitative estimate of drug-likeness (QED) is 0.201. The van der Waals surface area contributed by atoms with Gasteiger partial charge in [-0.05, 0) is 71.8 Å². The minimum atomic E-state index is -4.49. The molecule has 0 atom stereocenters. The number of carbonyl (C=O) groups is 1. The summed E-state index contributed by atoms with van der Waals surface area (Å²) >= 11 is 1.53. The lowest BCUT2D eigenvalue weighted by Gasteiger charge is -2.22. The molecule has 0 unspecified atom stereocenters. The zero-order valence-corrected chi connectivity index (χ0v) is 21.8. The Labute approximate surface area is 228 Å². The van der Waals surface area contributed by atoms with Crippen molar-refractivity contribution in [3.63, 3.8) is 0 Å². The molecule has 0 aliphatic carbocycles. The number of hydrogen-bond acceptors (Lipinski definition) is 5. The first kappa shape index (κ1) is 26.6. The summed E-state index contributed by atoms with van der Waals surface area (Å²) < 4.78 is 53.3. The van der Waals surface area contributed by atoms with E-state index in [4.69, 9.17) is 9.47 Å². The number of alkyl halides is 3. The number of fused-ring (bicyclic) bond motifs is 2. The number of benzene rings is 4. The molecule has 1 heterocycles. The Morgan fingerprint density at radius 1 is 0.949 bits per heavy atom. The molecule has 1 aliphatic heterocycles. The summed E-state index contributed by atoms with van der Waals surface area (Å²) in [6.45, 7) is 0.950. The van der Waals surface area contributed by atoms with Crippen LogP contribution >= 0.6 is 11.8 Å². The molecule has 0 aromatic heterocycles. The number of amides is 1. The van der Waals surface area contributed by atoms with E-state index >= 15 is 0 Å². The summed E-state index contributed by atoms with van der Waals surface area (Å²) in [5.41, 5.74) is 1.34. The Morgan fingerprint density at radius 2 is 1.72 bits per heavy atom. The minimum absolute atomic E-state index is 0.185. The smallest absolute Gasteiger partial charge is 0.416 e. The second-order valence-electron chi connectivity index (χ2n) is 8.83. The van der Waals surface area contributed by atoms with Crippen LogP contribution in [0.4, 0.5) is 13.2 Å². The number of hydrogen-bond donors (Lipinski definition) is 2. The second kappa shape index (κ2) is 11.4. The van der Waals surface area contributed by atoms with Gasteiger partial charge in [0.2, 0.25) is 0 Å². The Hall–Kier alpha value is -3.95. The molecule has 0 fully saturated rings. The summed E-state index contributed by atoms with van der Waals surface area (Å²) in [6, 6.07) is 23.9. The second-order valence-corrected chi connectivity index (χ2v) is 9.91. The fourth-order valence-electron chi connectivity index (χ4n) is 4.21. The third kappa shape index (κ3) is 6.21. The molecule has 0 bridgehead atoms. The van der Waals surface area contributed by atoms with Crippen LogP contribution in [0.3, 0.4) is 0 Å². The summed E-state index contributed by atoms with van der Waals surface area (Å²) in [5, 5.41) is 5.71. The molecule has 5 nitrogen and oxygen atoms in total. The maximum atomic E-state index is 13.8. The van der Waals surface area contributed by atoms with Gasteiger partial charge < -0.3 is 20.1 Å². The summed E-state index contributed by atoms with van der Waals surface area (Å²) in [7, 11) is 1.56. The van der Waals surface area contributed by atoms with Gasteiger partial charge in [-0.15, -0.1) is 0 Å². The SMILES string of the molecule is CNC(=O)c1ccc(OCCNCc2cc(-c3cccc4c3Oc3ccccc3S4)cc(C(F)(F)F)c2)cc1. The van der Waals surface area contributed by atoms with Crippen LogP contribution in [0, 0.1) is 0 Å². The van der Waals surface area contributed by atoms with Gasteiger partial charge >= 0.3 is 6.18 Å². The maximum absolute atomic E-state index is 13.8. The van der Waals surface area contributed by atoms with Crippen molar-refractivity contribution in [2.75, 3.05) is 20.2 Å². The van der Waals surface area contributed by atoms with Crippen LogP contribution in [-0.2, 0) is 12.7 Å². The molecule has 39 heavy (non-hydrogen) atoms. The lowest BCUT2D eigenvalue weighted by molar-refractivity contribution is -0.137. The topological polar surface area (TPSA) is 59.6 Å². The van der Waals surface area contributed by atoms with Crippen LogP contribution < -0.4 is 20.1 Å². The molecule has 0 saturated heterocycles. The van der Waals surface area contributed by atoms with E-state index in [0.29, 0.717) is 52.7 Å². The predicted molar refractivity (Wildman–Crippen MR) is 145 cm³/mol. The van der Waals surface area contributed by atoms with Crippen molar-refractivity contribution in [3.8, 4) is 28.4 Å². The largest absolute Gasteiger partial charge is 0.492 e. The van der Waals surface area contributed by atoms with Crippen molar-refractivity contribution in [3.05, 3.63) is 102 Å². The van der Waals surface area contributed by atoms with E-state index < -0.39 is 11.7 Å². The first-order valence-electron chi connectivity index (χ1n) is 12.3. The zero-order valence-electron chi connectivity index (χ0n) is 21.0. The molecule has 5 rings (SSSR count). The third-order valence-electron chi connectivity index (χ3n) is 6.11. The minimum Gasteiger partial charge on any atom is -0.492 e. The van der Waals surface area contributed by atoms with Gasteiger partial charge in [0, 0.05) is 31.3 Å². The van der Waals surface area contributed by atoms with Crippen molar-refractivity contribution in [1.82, 2.24) is 10.6 Å². The number of para-hydroxylation sites is 2. The van der Waals surface area contributed by atoms with Gasteiger partial charge in [-0.1, -0.05) is 36.0 Å². The molecule has 4 aromatic carbocycles. The van der Waals surface area contributed by atoms with Crippen LogP contribution in [0.25, 0.3) is 11.1 Å². The van der Waals surface area contributed by atoms with Crippen molar-refractivity contribution in [2.24, 2.45) is 0 Å². The highest BCUT2D eigenvalue weighted by molar-refractivity contribution is 7.99. The van der Waals surface area contributed by atoms with Gasteiger partial charge in [0.25, 0.3) is 5.91 Å². The van der Waals surface area contributed by atoms with Crippen LogP contribution in [0.1, 0.15) is 21.5 Å². The lowest BCUT2D eigenvalue weighted by atomic mass is 9.98. The highest BCUT2D eigenvalue weighted by atomic mass is 32.2. The Balaban J connectivity index is 1.29. The maximum Gasteiger partial charge on any atom is 0.416 e. The molecule has 0 saturated carbocycles. The summed E-state index contributed by atoms with van der Waals surface area (Å²) in [5.74, 6) is 1.64. The molecule has 0 radical (unpaired) electrons. The third-order valence-corrected chi connectivity index (χ3v) is 7.21. The average Bonchev–Trinajstić information content (AvgIpc) is 2.95. The first-order valence-corrected chi connectivity index (χ1v) is 13.1. The molecule has 200 valence electrons. The van der Waals surface area contributed by atoms with E-state index in [9.17, 15) is 18.0 Å². The van der Waals surface area contributed by atoms with Gasteiger partial charge in [-0.3, -0.25) is 4.79 Å². The number of halogens is 3. The van der Waals surface area contributed by atoms with E-state index in [2.05, 4.69) is 10.6 Å². The van der Waals surface area contributed by atoms with Gasteiger partial charge in [0.05, 0.1) is 15.4 Å². The molecule has 1 aliphatic rings. The zero-order chi connectivity index (χ0) is 27.4. The van der Waals surface area contributed by atoms with E-state index in [1.807, 2.05) is 36.4 Å². The summed E-state index contributed by atoms with van der Waals surface area (Å²) in [6.07, 6.45) is -4.49. The molecule has 2 N–H and O–H groups in total. The monoisotopic (exact) mass is 550 g/mol. The van der Waals surface area contributed by atoms with Crippen LogP contribution in [-0.4, -0.2) is 26.1 Å². The fraction of sp³-hybridized carbons (Fsp3) is 0.167. The standard InChI is InChI=1S/C30H25F3N2O3S/c1-34-29(36)20-9-11-23(12-10-20)37-14-13-35-18-19-15-21(17-22(16-19)30(31,32)33)24-5-4-8-27-28(24)38-25-6-2-3-7-26(25)39-27/h2-12,15-17,35H,13-14,18H2,1H3,(H,34,36). The predicted octanol–water partition coefficient (Wildman–Crippen LogP) is 7.16. The highest BCUT2D eigenvalue weighted by Gasteiger charge is 2.32. The number of rotatable bonds is 8. The van der Waals surface area contributed by atoms with E-state index in [1.165, 1.54) is 17.8 Å². The van der Waals surface area contributed by atoms with E-state index in [1.54, 1.807) is 43.4 Å². The number of ether oxygens (including phenoxy) is 2. The van der Waals surface area contributed by atoms with Gasteiger partial charge in [0.1, 0.15) is 23.9 Å². The van der Waals surface area contributed by atoms with Crippen LogP contribution in [0.15, 0.2) is 94.7 Å². The van der Waals surface area contributed by atoms with E-state index in [-0.39, 0.29) is 12.5 Å². The van der Waals surface area contributed by atoms with Crippen LogP contribution in [0.2, 0.25) is 0 Å². The molecular formula is C30H25F3N2O3S. The van der Waals surface area contributed by atoms with Crippen LogP contribution in [0.5, 0.6) is 17.2 Å². The number of nitrogens with one attached hydrogen (secondary N) is 2. The Morgan fingerprint density at radius 3 is 2.49 bits per heavy atom. The van der Waals surface area contributed by atoms with Crippen molar-refractivity contribution in [1.29, 1.82) is 0 Å². The first-order chi connectivity index (χ1) is 18.8. The summed E-state index contributed by atoms with van der Waals surface area (Å²) in [4.78, 5) is 13.4. The van der Waals surface area contributed by atoms with Crippen molar-refractivity contribution in [2.45, 2.75) is 22.5 Å². The average molecular weight is 551 g/mol. The highest BCUT2D eigenvalue weighted by Crippen LogP contribution is 2.50. The molecule has 9 heteroatoms. The van der Waals surface area contributed by atoms with Crippen molar-refractivity contribution < 1.29 is 27.4 Å². The molecular weight excluding hydrogens is 525 g/mol. The van der Waals surface area contributed by atoms with Gasteiger partial charge in [0.15, 0.2) is 0 Å². The fourth-order valence-corrected chi connectivity index (χ4v) is 5.19. The van der Waals surface area contributed by atoms with Gasteiger partial charge in [-0.2, -0.15) is 13.2 Å². The lowest BCUT2D eigenvalue weighted by Crippen LogP contribution is -2.21. The van der Waals surface area contributed by atoms with Gasteiger partial charge in [-0.25, -0.2) is 0 Å². The molecule has 0 spiro atoms. The molecule has 4 aromatic rings. The normalized spacial score (nSPS) is 12.2. The van der Waals surface area contributed by atoms with E-state index in [0.717, 1.165) is 15.9 Å².